The molecule has 86 valence electrons. The molecule has 0 bridgehead atoms. The van der Waals surface area contributed by atoms with Gasteiger partial charge in [0.1, 0.15) is 0 Å². The topological polar surface area (TPSA) is 56.8 Å². The Kier molecular flexibility index (Phi) is 5.02. The molecule has 1 aliphatic carbocycles. The van der Waals surface area contributed by atoms with Crippen molar-refractivity contribution < 1.29 is 4.74 Å². The van der Waals surface area contributed by atoms with Gasteiger partial charge >= 0.3 is 0 Å². The van der Waals surface area contributed by atoms with Crippen molar-refractivity contribution in [1.82, 2.24) is 0 Å². The highest BCUT2D eigenvalue weighted by Gasteiger charge is 2.23. The van der Waals surface area contributed by atoms with E-state index < -0.39 is 0 Å². The van der Waals surface area contributed by atoms with E-state index in [2.05, 4.69) is 26.0 Å². The van der Waals surface area contributed by atoms with Gasteiger partial charge in [0.15, 0.2) is 0 Å². The Bertz CT molecular complexity index is 342. The molecule has 1 atom stereocenters. The van der Waals surface area contributed by atoms with Crippen molar-refractivity contribution >= 4 is 0 Å². The lowest BCUT2D eigenvalue weighted by atomic mass is 9.91. The van der Waals surface area contributed by atoms with Crippen molar-refractivity contribution in [2.75, 3.05) is 0 Å². The molecule has 0 spiro atoms. The van der Waals surface area contributed by atoms with Gasteiger partial charge in [-0.3, -0.25) is 0 Å². The van der Waals surface area contributed by atoms with Crippen molar-refractivity contribution in [2.45, 2.75) is 58.2 Å². The largest absolute Gasteiger partial charge is 0.375 e. The fourth-order valence-corrected chi connectivity index (χ4v) is 2.02. The number of rotatable bonds is 4. The van der Waals surface area contributed by atoms with Gasteiger partial charge in [0.05, 0.1) is 24.3 Å². The van der Waals surface area contributed by atoms with Crippen LogP contribution in [0.5, 0.6) is 0 Å². The minimum absolute atomic E-state index is 0.122. The Labute approximate surface area is 97.3 Å². The first kappa shape index (κ1) is 12.7. The van der Waals surface area contributed by atoms with E-state index in [0.29, 0.717) is 24.0 Å². The van der Waals surface area contributed by atoms with E-state index in [1.807, 2.05) is 0 Å². The standard InChI is InChI=1S/C13H18N2O/c1-3-12(4-2)16-13-6-5-10(8-14)11(7-13)9-15/h12-13H,3-7H2,1-2H3. The zero-order valence-corrected chi connectivity index (χ0v) is 9.99. The van der Waals surface area contributed by atoms with Gasteiger partial charge in [-0.05, 0) is 25.7 Å². The molecule has 1 unspecified atom stereocenters. The van der Waals surface area contributed by atoms with E-state index in [1.165, 1.54) is 0 Å². The number of hydrogen-bond acceptors (Lipinski definition) is 3. The maximum atomic E-state index is 8.94. The van der Waals surface area contributed by atoms with Crippen LogP contribution in [0.25, 0.3) is 0 Å². The molecule has 3 nitrogen and oxygen atoms in total. The summed E-state index contributed by atoms with van der Waals surface area (Å²) >= 11 is 0. The van der Waals surface area contributed by atoms with E-state index in [0.717, 1.165) is 19.3 Å². The molecule has 3 heteroatoms. The van der Waals surface area contributed by atoms with Gasteiger partial charge in [-0.1, -0.05) is 13.8 Å². The molecule has 0 amide bonds. The van der Waals surface area contributed by atoms with Crippen LogP contribution in [0.15, 0.2) is 11.1 Å². The third kappa shape index (κ3) is 3.08. The van der Waals surface area contributed by atoms with Crippen LogP contribution in [-0.4, -0.2) is 12.2 Å². The molecular formula is C13H18N2O. The van der Waals surface area contributed by atoms with E-state index in [4.69, 9.17) is 15.3 Å². The SMILES string of the molecule is CCC(CC)OC1CCC(C#N)=C(C#N)C1. The van der Waals surface area contributed by atoms with Crippen LogP contribution in [-0.2, 0) is 4.74 Å². The van der Waals surface area contributed by atoms with Crippen molar-refractivity contribution in [2.24, 2.45) is 0 Å². The van der Waals surface area contributed by atoms with Crippen LogP contribution in [0.2, 0.25) is 0 Å². The second kappa shape index (κ2) is 6.30. The normalized spacial score (nSPS) is 20.7. The summed E-state index contributed by atoms with van der Waals surface area (Å²) in [5.74, 6) is 0. The van der Waals surface area contributed by atoms with Gasteiger partial charge in [-0.2, -0.15) is 10.5 Å². The molecule has 0 aromatic carbocycles. The van der Waals surface area contributed by atoms with Crippen LogP contribution in [0.3, 0.4) is 0 Å². The molecule has 0 fully saturated rings. The first-order valence-electron chi connectivity index (χ1n) is 5.92. The van der Waals surface area contributed by atoms with Gasteiger partial charge in [0, 0.05) is 17.6 Å². The maximum Gasteiger partial charge on any atom is 0.0958 e. The quantitative estimate of drug-likeness (QED) is 0.728. The summed E-state index contributed by atoms with van der Waals surface area (Å²) in [5.41, 5.74) is 1.26. The van der Waals surface area contributed by atoms with Gasteiger partial charge in [-0.25, -0.2) is 0 Å². The lowest BCUT2D eigenvalue weighted by Crippen LogP contribution is -2.24. The minimum atomic E-state index is 0.122. The molecule has 0 aromatic heterocycles. The third-order valence-electron chi connectivity index (χ3n) is 3.08. The zero-order valence-electron chi connectivity index (χ0n) is 9.99. The summed E-state index contributed by atoms with van der Waals surface area (Å²) in [6.45, 7) is 4.22. The van der Waals surface area contributed by atoms with Crippen LogP contribution in [0.1, 0.15) is 46.0 Å². The molecule has 0 N–H and O–H groups in total. The molecule has 1 aliphatic rings. The summed E-state index contributed by atoms with van der Waals surface area (Å²) in [6, 6.07) is 4.23. The zero-order chi connectivity index (χ0) is 12.0. The van der Waals surface area contributed by atoms with E-state index >= 15 is 0 Å². The summed E-state index contributed by atoms with van der Waals surface area (Å²) < 4.78 is 5.92. The Morgan fingerprint density at radius 2 is 1.88 bits per heavy atom. The summed E-state index contributed by atoms with van der Waals surface area (Å²) in [4.78, 5) is 0. The summed E-state index contributed by atoms with van der Waals surface area (Å²) in [5, 5.41) is 17.8. The second-order valence-corrected chi connectivity index (χ2v) is 4.12. The van der Waals surface area contributed by atoms with Crippen molar-refractivity contribution in [3.63, 3.8) is 0 Å². The average molecular weight is 218 g/mol. The number of nitriles is 2. The molecule has 0 saturated heterocycles. The lowest BCUT2D eigenvalue weighted by Gasteiger charge is -2.26. The second-order valence-electron chi connectivity index (χ2n) is 4.12. The fourth-order valence-electron chi connectivity index (χ4n) is 2.02. The highest BCUT2D eigenvalue weighted by molar-refractivity contribution is 5.38. The Balaban J connectivity index is 2.61. The number of nitrogens with zero attached hydrogens (tertiary/aromatic N) is 2. The van der Waals surface area contributed by atoms with E-state index in [9.17, 15) is 0 Å². The van der Waals surface area contributed by atoms with E-state index in [1.54, 1.807) is 0 Å². The fraction of sp³-hybridized carbons (Fsp3) is 0.692. The Morgan fingerprint density at radius 3 is 2.38 bits per heavy atom. The average Bonchev–Trinajstić information content (AvgIpc) is 2.35. The molecule has 0 heterocycles. The monoisotopic (exact) mass is 218 g/mol. The summed E-state index contributed by atoms with van der Waals surface area (Å²) in [6.07, 6.45) is 4.57. The predicted octanol–water partition coefficient (Wildman–Crippen LogP) is 3.09. The van der Waals surface area contributed by atoms with Crippen LogP contribution in [0, 0.1) is 22.7 Å². The Morgan fingerprint density at radius 1 is 1.25 bits per heavy atom. The lowest BCUT2D eigenvalue weighted by molar-refractivity contribution is -0.0206. The molecule has 16 heavy (non-hydrogen) atoms. The molecule has 0 saturated carbocycles. The molecule has 0 radical (unpaired) electrons. The number of hydrogen-bond donors (Lipinski definition) is 0. The Hall–Kier alpha value is -1.32. The van der Waals surface area contributed by atoms with Gasteiger partial charge < -0.3 is 4.74 Å². The first-order chi connectivity index (χ1) is 7.74. The van der Waals surface area contributed by atoms with Gasteiger partial charge in [0.25, 0.3) is 0 Å². The van der Waals surface area contributed by atoms with Gasteiger partial charge in [0.2, 0.25) is 0 Å². The van der Waals surface area contributed by atoms with Crippen LogP contribution >= 0.6 is 0 Å². The molecule has 0 aromatic rings. The third-order valence-corrected chi connectivity index (χ3v) is 3.08. The van der Waals surface area contributed by atoms with E-state index in [-0.39, 0.29) is 12.2 Å². The highest BCUT2D eigenvalue weighted by atomic mass is 16.5. The molecule has 0 aliphatic heterocycles. The smallest absolute Gasteiger partial charge is 0.0958 e. The molecular weight excluding hydrogens is 200 g/mol. The summed E-state index contributed by atoms with van der Waals surface area (Å²) in [7, 11) is 0. The number of ether oxygens (including phenoxy) is 1. The maximum absolute atomic E-state index is 8.94. The van der Waals surface area contributed by atoms with Crippen molar-refractivity contribution in [1.29, 1.82) is 10.5 Å². The number of allylic oxidation sites excluding steroid dienone is 1. The van der Waals surface area contributed by atoms with Gasteiger partial charge in [-0.15, -0.1) is 0 Å². The van der Waals surface area contributed by atoms with Crippen LogP contribution < -0.4 is 0 Å². The van der Waals surface area contributed by atoms with Crippen molar-refractivity contribution in [3.05, 3.63) is 11.1 Å². The first-order valence-corrected chi connectivity index (χ1v) is 5.92. The van der Waals surface area contributed by atoms with Crippen LogP contribution in [0.4, 0.5) is 0 Å². The predicted molar refractivity (Wildman–Crippen MR) is 61.3 cm³/mol. The molecule has 1 rings (SSSR count). The highest BCUT2D eigenvalue weighted by Crippen LogP contribution is 2.27. The van der Waals surface area contributed by atoms with Crippen molar-refractivity contribution in [3.8, 4) is 12.1 Å². The minimum Gasteiger partial charge on any atom is -0.375 e.